The van der Waals surface area contributed by atoms with Gasteiger partial charge in [-0.15, -0.1) is 0 Å². The Bertz CT molecular complexity index is 461. The SMILES string of the molecule is CCNc1nc(N2CCCC2CC)cc(C(F)(F)F)n1. The van der Waals surface area contributed by atoms with E-state index in [1.165, 1.54) is 0 Å². The van der Waals surface area contributed by atoms with Gasteiger partial charge >= 0.3 is 6.18 Å². The van der Waals surface area contributed by atoms with E-state index in [1.807, 2.05) is 11.8 Å². The molecule has 20 heavy (non-hydrogen) atoms. The highest BCUT2D eigenvalue weighted by molar-refractivity contribution is 5.47. The molecule has 1 atom stereocenters. The van der Waals surface area contributed by atoms with E-state index in [1.54, 1.807) is 6.92 Å². The average molecular weight is 288 g/mol. The van der Waals surface area contributed by atoms with Gasteiger partial charge in [0.15, 0.2) is 5.69 Å². The Balaban J connectivity index is 2.38. The summed E-state index contributed by atoms with van der Waals surface area (Å²) in [5.74, 6) is 0.409. The summed E-state index contributed by atoms with van der Waals surface area (Å²) in [5, 5.41) is 2.77. The second kappa shape index (κ2) is 5.85. The van der Waals surface area contributed by atoms with Gasteiger partial charge in [0, 0.05) is 25.2 Å². The van der Waals surface area contributed by atoms with Gasteiger partial charge in [0.1, 0.15) is 5.82 Å². The summed E-state index contributed by atoms with van der Waals surface area (Å²) in [7, 11) is 0. The summed E-state index contributed by atoms with van der Waals surface area (Å²) >= 11 is 0. The second-order valence-electron chi connectivity index (χ2n) is 4.86. The molecular formula is C13H19F3N4. The first-order chi connectivity index (χ1) is 9.45. The second-order valence-corrected chi connectivity index (χ2v) is 4.86. The van der Waals surface area contributed by atoms with Gasteiger partial charge in [0.05, 0.1) is 0 Å². The van der Waals surface area contributed by atoms with E-state index in [-0.39, 0.29) is 12.0 Å². The van der Waals surface area contributed by atoms with Gasteiger partial charge in [0.25, 0.3) is 0 Å². The normalized spacial score (nSPS) is 19.4. The molecule has 112 valence electrons. The molecule has 1 unspecified atom stereocenters. The first kappa shape index (κ1) is 14.9. The molecule has 4 nitrogen and oxygen atoms in total. The van der Waals surface area contributed by atoms with Crippen molar-refractivity contribution in [3.8, 4) is 0 Å². The van der Waals surface area contributed by atoms with Crippen LogP contribution >= 0.6 is 0 Å². The molecule has 1 aromatic rings. The molecular weight excluding hydrogens is 269 g/mol. The summed E-state index contributed by atoms with van der Waals surface area (Å²) < 4.78 is 38.8. The van der Waals surface area contributed by atoms with Gasteiger partial charge < -0.3 is 10.2 Å². The highest BCUT2D eigenvalue weighted by Gasteiger charge is 2.35. The highest BCUT2D eigenvalue weighted by Crippen LogP contribution is 2.33. The molecule has 0 saturated carbocycles. The van der Waals surface area contributed by atoms with Crippen molar-refractivity contribution in [1.82, 2.24) is 9.97 Å². The molecule has 0 aliphatic carbocycles. The van der Waals surface area contributed by atoms with Crippen LogP contribution < -0.4 is 10.2 Å². The van der Waals surface area contributed by atoms with Gasteiger partial charge in [-0.1, -0.05) is 6.92 Å². The maximum atomic E-state index is 12.9. The van der Waals surface area contributed by atoms with Crippen molar-refractivity contribution in [2.75, 3.05) is 23.3 Å². The lowest BCUT2D eigenvalue weighted by Crippen LogP contribution is -2.30. The molecule has 0 amide bonds. The number of rotatable bonds is 4. The fourth-order valence-electron chi connectivity index (χ4n) is 2.53. The number of halogens is 3. The van der Waals surface area contributed by atoms with Crippen LogP contribution in [0.2, 0.25) is 0 Å². The van der Waals surface area contributed by atoms with Gasteiger partial charge in [-0.25, -0.2) is 4.98 Å². The number of anilines is 2. The van der Waals surface area contributed by atoms with Crippen LogP contribution in [-0.2, 0) is 6.18 Å². The standard InChI is InChI=1S/C13H19F3N4/c1-3-9-6-5-7-20(9)11-8-10(13(14,15)16)18-12(19-11)17-4-2/h8-9H,3-7H2,1-2H3,(H,17,18,19). The van der Waals surface area contributed by atoms with E-state index in [0.29, 0.717) is 12.4 Å². The topological polar surface area (TPSA) is 41.1 Å². The fraction of sp³-hybridized carbons (Fsp3) is 0.692. The van der Waals surface area contributed by atoms with Crippen molar-refractivity contribution in [3.63, 3.8) is 0 Å². The summed E-state index contributed by atoms with van der Waals surface area (Å²) in [6, 6.07) is 1.31. The van der Waals surface area contributed by atoms with Crippen molar-refractivity contribution >= 4 is 11.8 Å². The Morgan fingerprint density at radius 3 is 2.70 bits per heavy atom. The summed E-state index contributed by atoms with van der Waals surface area (Å²) in [6.45, 7) is 5.07. The number of nitrogens with zero attached hydrogens (tertiary/aromatic N) is 3. The zero-order valence-corrected chi connectivity index (χ0v) is 11.7. The van der Waals surface area contributed by atoms with Crippen LogP contribution in [-0.4, -0.2) is 29.1 Å². The molecule has 0 spiro atoms. The van der Waals surface area contributed by atoms with Gasteiger partial charge in [0.2, 0.25) is 5.95 Å². The zero-order valence-electron chi connectivity index (χ0n) is 11.7. The fourth-order valence-corrected chi connectivity index (χ4v) is 2.53. The lowest BCUT2D eigenvalue weighted by Gasteiger charge is -2.25. The van der Waals surface area contributed by atoms with Crippen LogP contribution in [0.25, 0.3) is 0 Å². The van der Waals surface area contributed by atoms with E-state index >= 15 is 0 Å². The maximum absolute atomic E-state index is 12.9. The summed E-state index contributed by atoms with van der Waals surface area (Å²) in [5.41, 5.74) is -0.889. The molecule has 1 aliphatic rings. The predicted molar refractivity (Wildman–Crippen MR) is 71.9 cm³/mol. The lowest BCUT2D eigenvalue weighted by atomic mass is 10.2. The average Bonchev–Trinajstić information content (AvgIpc) is 2.86. The van der Waals surface area contributed by atoms with E-state index < -0.39 is 11.9 Å². The van der Waals surface area contributed by atoms with Crippen LogP contribution in [0.1, 0.15) is 38.8 Å². The monoisotopic (exact) mass is 288 g/mol. The third kappa shape index (κ3) is 3.13. The van der Waals surface area contributed by atoms with Gasteiger partial charge in [-0.05, 0) is 26.2 Å². The Hall–Kier alpha value is -1.53. The number of hydrogen-bond donors (Lipinski definition) is 1. The Labute approximate surface area is 116 Å². The first-order valence-corrected chi connectivity index (χ1v) is 6.92. The summed E-state index contributed by atoms with van der Waals surface area (Å²) in [4.78, 5) is 9.72. The molecule has 7 heteroatoms. The van der Waals surface area contributed by atoms with Crippen molar-refractivity contribution in [3.05, 3.63) is 11.8 Å². The third-order valence-corrected chi connectivity index (χ3v) is 3.48. The smallest absolute Gasteiger partial charge is 0.354 e. The maximum Gasteiger partial charge on any atom is 0.433 e. The van der Waals surface area contributed by atoms with Crippen LogP contribution in [0.5, 0.6) is 0 Å². The molecule has 2 heterocycles. The van der Waals surface area contributed by atoms with Crippen molar-refractivity contribution in [2.24, 2.45) is 0 Å². The van der Waals surface area contributed by atoms with E-state index in [0.717, 1.165) is 31.9 Å². The lowest BCUT2D eigenvalue weighted by molar-refractivity contribution is -0.141. The Morgan fingerprint density at radius 2 is 2.10 bits per heavy atom. The molecule has 2 rings (SSSR count). The zero-order chi connectivity index (χ0) is 14.8. The van der Waals surface area contributed by atoms with E-state index in [2.05, 4.69) is 15.3 Å². The molecule has 1 fully saturated rings. The van der Waals surface area contributed by atoms with Crippen LogP contribution in [0.3, 0.4) is 0 Å². The molecule has 1 N–H and O–H groups in total. The van der Waals surface area contributed by atoms with Crippen molar-refractivity contribution in [2.45, 2.75) is 45.3 Å². The molecule has 0 radical (unpaired) electrons. The molecule has 1 saturated heterocycles. The quantitative estimate of drug-likeness (QED) is 0.923. The minimum atomic E-state index is -4.46. The van der Waals surface area contributed by atoms with Gasteiger partial charge in [-0.3, -0.25) is 0 Å². The number of nitrogens with one attached hydrogen (secondary N) is 1. The van der Waals surface area contributed by atoms with Crippen molar-refractivity contribution < 1.29 is 13.2 Å². The highest BCUT2D eigenvalue weighted by atomic mass is 19.4. The van der Waals surface area contributed by atoms with E-state index in [9.17, 15) is 13.2 Å². The minimum Gasteiger partial charge on any atom is -0.354 e. The van der Waals surface area contributed by atoms with Crippen LogP contribution in [0.4, 0.5) is 24.9 Å². The van der Waals surface area contributed by atoms with E-state index in [4.69, 9.17) is 0 Å². The van der Waals surface area contributed by atoms with Gasteiger partial charge in [-0.2, -0.15) is 18.2 Å². The summed E-state index contributed by atoms with van der Waals surface area (Å²) in [6.07, 6.45) is -1.57. The first-order valence-electron chi connectivity index (χ1n) is 6.92. The van der Waals surface area contributed by atoms with Crippen molar-refractivity contribution in [1.29, 1.82) is 0 Å². The van der Waals surface area contributed by atoms with Crippen LogP contribution in [0.15, 0.2) is 6.07 Å². The Kier molecular flexibility index (Phi) is 4.35. The minimum absolute atomic E-state index is 0.0408. The number of hydrogen-bond acceptors (Lipinski definition) is 4. The molecule has 1 aliphatic heterocycles. The Morgan fingerprint density at radius 1 is 1.35 bits per heavy atom. The largest absolute Gasteiger partial charge is 0.433 e. The number of aromatic nitrogens is 2. The molecule has 1 aromatic heterocycles. The number of alkyl halides is 3. The predicted octanol–water partition coefficient (Wildman–Crippen LogP) is 3.31. The third-order valence-electron chi connectivity index (χ3n) is 3.48. The molecule has 0 bridgehead atoms. The van der Waals surface area contributed by atoms with Crippen LogP contribution in [0, 0.1) is 0 Å². The molecule has 0 aromatic carbocycles.